The van der Waals surface area contributed by atoms with Crippen molar-refractivity contribution in [1.29, 1.82) is 0 Å². The molecule has 0 aliphatic carbocycles. The van der Waals surface area contributed by atoms with Crippen LogP contribution in [-0.2, 0) is 0 Å². The fraction of sp³-hybridized carbons (Fsp3) is 0.227. The highest BCUT2D eigenvalue weighted by Gasteiger charge is 2.23. The number of aliphatic hydroxyl groups is 1. The fourth-order valence-corrected chi connectivity index (χ4v) is 4.01. The highest BCUT2D eigenvalue weighted by molar-refractivity contribution is 6.30. The second kappa shape index (κ2) is 7.72. The summed E-state index contributed by atoms with van der Waals surface area (Å²) in [4.78, 5) is 19.6. The maximum absolute atomic E-state index is 13.2. The van der Waals surface area contributed by atoms with Crippen LogP contribution in [0.5, 0.6) is 5.75 Å². The van der Waals surface area contributed by atoms with Crippen LogP contribution in [-0.4, -0.2) is 50.6 Å². The number of fused-ring (bicyclic) bond motifs is 1. The average molecular weight is 438 g/mol. The molecule has 1 atom stereocenters. The van der Waals surface area contributed by atoms with Crippen LogP contribution in [0.15, 0.2) is 59.9 Å². The average Bonchev–Trinajstić information content (AvgIpc) is 3.41. The van der Waals surface area contributed by atoms with Crippen molar-refractivity contribution in [1.82, 2.24) is 19.2 Å². The SMILES string of the molecule is COc1cc(-n2cnn3cc(-c4ccc(Cl)cn4)cc3c2=O)ccc1N1CCC(O)C1. The van der Waals surface area contributed by atoms with Crippen LogP contribution in [0.4, 0.5) is 5.69 Å². The molecule has 0 amide bonds. The summed E-state index contributed by atoms with van der Waals surface area (Å²) in [7, 11) is 1.60. The number of nitrogens with zero attached hydrogens (tertiary/aromatic N) is 5. The lowest BCUT2D eigenvalue weighted by Crippen LogP contribution is -2.23. The predicted molar refractivity (Wildman–Crippen MR) is 118 cm³/mol. The summed E-state index contributed by atoms with van der Waals surface area (Å²) in [6.45, 7) is 1.32. The van der Waals surface area contributed by atoms with Gasteiger partial charge >= 0.3 is 0 Å². The number of aliphatic hydroxyl groups excluding tert-OH is 1. The minimum atomic E-state index is -0.336. The molecule has 0 bridgehead atoms. The van der Waals surface area contributed by atoms with Gasteiger partial charge in [0, 0.05) is 37.1 Å². The Hall–Kier alpha value is -3.36. The second-order valence-corrected chi connectivity index (χ2v) is 7.91. The van der Waals surface area contributed by atoms with Gasteiger partial charge in [0.25, 0.3) is 5.56 Å². The largest absolute Gasteiger partial charge is 0.495 e. The molecular formula is C22H20ClN5O3. The van der Waals surface area contributed by atoms with Crippen molar-refractivity contribution in [2.45, 2.75) is 12.5 Å². The Labute approximate surface area is 182 Å². The number of ether oxygens (including phenoxy) is 1. The van der Waals surface area contributed by atoms with Gasteiger partial charge in [0.2, 0.25) is 0 Å². The Morgan fingerprint density at radius 1 is 1.23 bits per heavy atom. The minimum Gasteiger partial charge on any atom is -0.495 e. The minimum absolute atomic E-state index is 0.207. The number of anilines is 1. The normalized spacial score (nSPS) is 16.2. The third kappa shape index (κ3) is 3.54. The van der Waals surface area contributed by atoms with Crippen molar-refractivity contribution in [3.05, 3.63) is 70.5 Å². The summed E-state index contributed by atoms with van der Waals surface area (Å²) in [5.74, 6) is 0.639. The summed E-state index contributed by atoms with van der Waals surface area (Å²) in [6, 6.07) is 10.9. The third-order valence-corrected chi connectivity index (χ3v) is 5.72. The summed E-state index contributed by atoms with van der Waals surface area (Å²) >= 11 is 5.92. The van der Waals surface area contributed by atoms with Crippen molar-refractivity contribution < 1.29 is 9.84 Å². The van der Waals surface area contributed by atoms with E-state index in [4.69, 9.17) is 16.3 Å². The molecule has 0 spiro atoms. The third-order valence-electron chi connectivity index (χ3n) is 5.50. The van der Waals surface area contributed by atoms with Crippen molar-refractivity contribution in [3.8, 4) is 22.7 Å². The summed E-state index contributed by atoms with van der Waals surface area (Å²) in [6.07, 6.45) is 5.21. The van der Waals surface area contributed by atoms with Gasteiger partial charge in [-0.25, -0.2) is 4.52 Å². The summed E-state index contributed by atoms with van der Waals surface area (Å²) in [5.41, 5.74) is 3.25. The van der Waals surface area contributed by atoms with Crippen LogP contribution in [0.3, 0.4) is 0 Å². The molecule has 1 fully saturated rings. The van der Waals surface area contributed by atoms with Gasteiger partial charge in [-0.3, -0.25) is 14.3 Å². The van der Waals surface area contributed by atoms with Crippen molar-refractivity contribution in [2.75, 3.05) is 25.1 Å². The van der Waals surface area contributed by atoms with E-state index in [2.05, 4.69) is 15.0 Å². The molecule has 0 saturated carbocycles. The topological polar surface area (TPSA) is 84.9 Å². The Bertz CT molecular complexity index is 1320. The van der Waals surface area contributed by atoms with Gasteiger partial charge in [-0.1, -0.05) is 11.6 Å². The van der Waals surface area contributed by atoms with Crippen molar-refractivity contribution in [3.63, 3.8) is 0 Å². The summed E-state index contributed by atoms with van der Waals surface area (Å²) < 4.78 is 8.60. The van der Waals surface area contributed by atoms with E-state index in [0.717, 1.165) is 24.2 Å². The van der Waals surface area contributed by atoms with Crippen LogP contribution in [0.1, 0.15) is 6.42 Å². The van der Waals surface area contributed by atoms with E-state index in [-0.39, 0.29) is 11.7 Å². The number of β-amino-alcohol motifs (C(OH)–C–C–N with tert-alkyl or cyclic N) is 1. The molecule has 1 aliphatic heterocycles. The lowest BCUT2D eigenvalue weighted by Gasteiger charge is -2.21. The molecule has 5 rings (SSSR count). The highest BCUT2D eigenvalue weighted by Crippen LogP contribution is 2.32. The molecule has 1 saturated heterocycles. The van der Waals surface area contributed by atoms with Gasteiger partial charge in [0.1, 0.15) is 17.6 Å². The molecule has 4 heterocycles. The van der Waals surface area contributed by atoms with Gasteiger partial charge in [0.05, 0.1) is 35.3 Å². The Balaban J connectivity index is 1.55. The molecule has 9 heteroatoms. The molecule has 1 aliphatic rings. The van der Waals surface area contributed by atoms with Crippen LogP contribution in [0.25, 0.3) is 22.5 Å². The number of hydrogen-bond donors (Lipinski definition) is 1. The molecule has 1 N–H and O–H groups in total. The number of rotatable bonds is 4. The zero-order chi connectivity index (χ0) is 21.5. The lowest BCUT2D eigenvalue weighted by molar-refractivity contribution is 0.198. The first-order valence-corrected chi connectivity index (χ1v) is 10.2. The Kier molecular flexibility index (Phi) is 4.88. The van der Waals surface area contributed by atoms with E-state index in [1.807, 2.05) is 18.2 Å². The number of halogens is 1. The van der Waals surface area contributed by atoms with E-state index in [9.17, 15) is 9.90 Å². The van der Waals surface area contributed by atoms with E-state index < -0.39 is 0 Å². The molecule has 4 aromatic rings. The Morgan fingerprint density at radius 3 is 2.81 bits per heavy atom. The van der Waals surface area contributed by atoms with Gasteiger partial charge in [-0.05, 0) is 36.8 Å². The number of benzene rings is 1. The van der Waals surface area contributed by atoms with Gasteiger partial charge in [-0.15, -0.1) is 0 Å². The Morgan fingerprint density at radius 2 is 2.10 bits per heavy atom. The molecule has 3 aromatic heterocycles. The molecule has 1 aromatic carbocycles. The maximum atomic E-state index is 13.2. The smallest absolute Gasteiger partial charge is 0.282 e. The first kappa shape index (κ1) is 19.6. The molecule has 158 valence electrons. The van der Waals surface area contributed by atoms with Crippen LogP contribution < -0.4 is 15.2 Å². The van der Waals surface area contributed by atoms with Crippen molar-refractivity contribution >= 4 is 22.8 Å². The van der Waals surface area contributed by atoms with E-state index >= 15 is 0 Å². The monoisotopic (exact) mass is 437 g/mol. The van der Waals surface area contributed by atoms with Gasteiger partial charge < -0.3 is 14.7 Å². The zero-order valence-electron chi connectivity index (χ0n) is 16.8. The van der Waals surface area contributed by atoms with E-state index in [0.29, 0.717) is 34.2 Å². The highest BCUT2D eigenvalue weighted by atomic mass is 35.5. The molecule has 0 radical (unpaired) electrons. The molecule has 31 heavy (non-hydrogen) atoms. The number of pyridine rings is 1. The fourth-order valence-electron chi connectivity index (χ4n) is 3.90. The number of hydrogen-bond acceptors (Lipinski definition) is 6. The standard InChI is InChI=1S/C22H20ClN5O3/c1-31-21-9-16(3-5-19(21)26-7-6-17(29)12-26)27-13-25-28-11-14(8-20(28)22(27)30)18-4-2-15(23)10-24-18/h2-5,8-11,13,17,29H,6-7,12H2,1H3. The van der Waals surface area contributed by atoms with E-state index in [1.54, 1.807) is 42.2 Å². The first-order chi connectivity index (χ1) is 15.0. The molecule has 1 unspecified atom stereocenters. The quantitative estimate of drug-likeness (QED) is 0.528. The molecular weight excluding hydrogens is 418 g/mol. The first-order valence-electron chi connectivity index (χ1n) is 9.87. The van der Waals surface area contributed by atoms with Gasteiger partial charge in [-0.2, -0.15) is 5.10 Å². The van der Waals surface area contributed by atoms with Gasteiger partial charge in [0.15, 0.2) is 0 Å². The maximum Gasteiger partial charge on any atom is 0.282 e. The predicted octanol–water partition coefficient (Wildman–Crippen LogP) is 2.78. The second-order valence-electron chi connectivity index (χ2n) is 7.47. The lowest BCUT2D eigenvalue weighted by atomic mass is 10.2. The van der Waals surface area contributed by atoms with Crippen LogP contribution in [0, 0.1) is 0 Å². The summed E-state index contributed by atoms with van der Waals surface area (Å²) in [5, 5.41) is 14.8. The van der Waals surface area contributed by atoms with Crippen LogP contribution in [0.2, 0.25) is 5.02 Å². The number of aromatic nitrogens is 4. The van der Waals surface area contributed by atoms with E-state index in [1.165, 1.54) is 10.9 Å². The zero-order valence-corrected chi connectivity index (χ0v) is 17.5. The number of methoxy groups -OCH3 is 1. The van der Waals surface area contributed by atoms with Crippen LogP contribution >= 0.6 is 11.6 Å². The molecule has 8 nitrogen and oxygen atoms in total. The van der Waals surface area contributed by atoms with Crippen molar-refractivity contribution in [2.24, 2.45) is 0 Å².